The van der Waals surface area contributed by atoms with E-state index in [2.05, 4.69) is 4.98 Å². The maximum Gasteiger partial charge on any atom is 0.295 e. The molecule has 3 aromatic rings. The minimum atomic E-state index is -1.07. The summed E-state index contributed by atoms with van der Waals surface area (Å²) >= 11 is 0. The van der Waals surface area contributed by atoms with Gasteiger partial charge in [-0.1, -0.05) is 18.2 Å². The molecule has 0 aliphatic carbocycles. The van der Waals surface area contributed by atoms with Gasteiger partial charge in [-0.05, 0) is 47.5 Å². The molecule has 6 nitrogen and oxygen atoms in total. The number of aromatic nitrogens is 1. The standard InChI is InChI=1S/C24H18F2N2O4/c1-32-19-8-7-16(11-18(19)26)22(29)20-21(15-5-2-6-17(25)10-15)28(24(31)23(20)30)13-14-4-3-9-27-12-14/h2-12,21,29H,13H2,1H3/b22-20+/t21-/m1/s1. The molecule has 1 aliphatic heterocycles. The molecule has 1 fully saturated rings. The van der Waals surface area contributed by atoms with E-state index >= 15 is 0 Å². The first-order chi connectivity index (χ1) is 15.4. The first-order valence-electron chi connectivity index (χ1n) is 9.67. The summed E-state index contributed by atoms with van der Waals surface area (Å²) in [6, 6.07) is 11.4. The van der Waals surface area contributed by atoms with Gasteiger partial charge in [0.2, 0.25) is 0 Å². The Morgan fingerprint density at radius 2 is 1.94 bits per heavy atom. The van der Waals surface area contributed by atoms with Crippen LogP contribution in [0.1, 0.15) is 22.7 Å². The van der Waals surface area contributed by atoms with Crippen molar-refractivity contribution in [3.05, 3.63) is 101 Å². The lowest BCUT2D eigenvalue weighted by Gasteiger charge is -2.25. The Balaban J connectivity index is 1.87. The van der Waals surface area contributed by atoms with Gasteiger partial charge in [-0.15, -0.1) is 0 Å². The molecule has 0 spiro atoms. The number of carbonyl (C=O) groups is 2. The lowest BCUT2D eigenvalue weighted by Crippen LogP contribution is -2.29. The Kier molecular flexibility index (Phi) is 5.68. The molecule has 8 heteroatoms. The van der Waals surface area contributed by atoms with Gasteiger partial charge >= 0.3 is 0 Å². The predicted molar refractivity (Wildman–Crippen MR) is 111 cm³/mol. The quantitative estimate of drug-likeness (QED) is 0.372. The molecule has 32 heavy (non-hydrogen) atoms. The van der Waals surface area contributed by atoms with E-state index in [1.165, 1.54) is 42.3 Å². The molecule has 2 heterocycles. The summed E-state index contributed by atoms with van der Waals surface area (Å²) < 4.78 is 33.1. The van der Waals surface area contributed by atoms with Crippen molar-refractivity contribution in [1.82, 2.24) is 9.88 Å². The van der Waals surface area contributed by atoms with Crippen LogP contribution in [0.3, 0.4) is 0 Å². The highest BCUT2D eigenvalue weighted by atomic mass is 19.1. The van der Waals surface area contributed by atoms with Crippen LogP contribution in [0.4, 0.5) is 8.78 Å². The molecule has 2 aromatic carbocycles. The number of ketones is 1. The number of carbonyl (C=O) groups excluding carboxylic acids is 2. The lowest BCUT2D eigenvalue weighted by atomic mass is 9.95. The number of methoxy groups -OCH3 is 1. The zero-order valence-electron chi connectivity index (χ0n) is 17.0. The average molecular weight is 436 g/mol. The van der Waals surface area contributed by atoms with Gasteiger partial charge in [-0.2, -0.15) is 0 Å². The zero-order chi connectivity index (χ0) is 22.8. The van der Waals surface area contributed by atoms with Gasteiger partial charge in [0.15, 0.2) is 11.6 Å². The largest absolute Gasteiger partial charge is 0.507 e. The first-order valence-corrected chi connectivity index (χ1v) is 9.67. The lowest BCUT2D eigenvalue weighted by molar-refractivity contribution is -0.140. The molecule has 1 aliphatic rings. The molecule has 1 aromatic heterocycles. The highest BCUT2D eigenvalue weighted by Gasteiger charge is 2.46. The van der Waals surface area contributed by atoms with Crippen LogP contribution in [0.2, 0.25) is 0 Å². The summed E-state index contributed by atoms with van der Waals surface area (Å²) in [7, 11) is 1.30. The normalized spacial score (nSPS) is 17.6. The van der Waals surface area contributed by atoms with E-state index in [0.717, 1.165) is 6.07 Å². The third-order valence-electron chi connectivity index (χ3n) is 5.21. The number of halogens is 2. The maximum absolute atomic E-state index is 14.2. The minimum Gasteiger partial charge on any atom is -0.507 e. The highest BCUT2D eigenvalue weighted by molar-refractivity contribution is 6.46. The van der Waals surface area contributed by atoms with Gasteiger partial charge in [-0.3, -0.25) is 14.6 Å². The van der Waals surface area contributed by atoms with E-state index in [4.69, 9.17) is 4.74 Å². The van der Waals surface area contributed by atoms with Crippen molar-refractivity contribution >= 4 is 17.4 Å². The molecule has 1 saturated heterocycles. The molecule has 0 unspecified atom stereocenters. The number of rotatable bonds is 5. The van der Waals surface area contributed by atoms with Gasteiger partial charge in [0.25, 0.3) is 11.7 Å². The number of aliphatic hydroxyl groups is 1. The van der Waals surface area contributed by atoms with E-state index in [-0.39, 0.29) is 23.4 Å². The van der Waals surface area contributed by atoms with Crippen molar-refractivity contribution in [1.29, 1.82) is 0 Å². The summed E-state index contributed by atoms with van der Waals surface area (Å²) in [6.07, 6.45) is 3.11. The second-order valence-corrected chi connectivity index (χ2v) is 7.19. The topological polar surface area (TPSA) is 79.7 Å². The number of aliphatic hydroxyl groups excluding tert-OH is 1. The Bertz CT molecular complexity index is 1230. The van der Waals surface area contributed by atoms with Crippen molar-refractivity contribution in [2.75, 3.05) is 7.11 Å². The second kappa shape index (κ2) is 8.58. The Hall–Kier alpha value is -4.07. The van der Waals surface area contributed by atoms with Crippen LogP contribution in [-0.4, -0.2) is 33.8 Å². The minimum absolute atomic E-state index is 0.00729. The van der Waals surface area contributed by atoms with Crippen molar-refractivity contribution < 1.29 is 28.2 Å². The van der Waals surface area contributed by atoms with Crippen LogP contribution in [0.25, 0.3) is 5.76 Å². The number of hydrogen-bond donors (Lipinski definition) is 1. The van der Waals surface area contributed by atoms with Gasteiger partial charge in [0.1, 0.15) is 11.6 Å². The van der Waals surface area contributed by atoms with E-state index in [9.17, 15) is 23.5 Å². The van der Waals surface area contributed by atoms with Gasteiger partial charge in [0.05, 0.1) is 18.7 Å². The van der Waals surface area contributed by atoms with Crippen LogP contribution >= 0.6 is 0 Å². The molecule has 0 saturated carbocycles. The smallest absolute Gasteiger partial charge is 0.295 e. The number of amides is 1. The summed E-state index contributed by atoms with van der Waals surface area (Å²) in [5, 5.41) is 10.9. The fourth-order valence-corrected chi connectivity index (χ4v) is 3.72. The molecule has 1 atom stereocenters. The van der Waals surface area contributed by atoms with Crippen LogP contribution in [0, 0.1) is 11.6 Å². The Morgan fingerprint density at radius 3 is 2.59 bits per heavy atom. The zero-order valence-corrected chi connectivity index (χ0v) is 17.0. The summed E-state index contributed by atoms with van der Waals surface area (Å²) in [6.45, 7) is 0.00729. The molecular formula is C24H18F2N2O4. The molecule has 0 radical (unpaired) electrons. The van der Waals surface area contributed by atoms with Crippen LogP contribution in [0.5, 0.6) is 5.75 Å². The number of benzene rings is 2. The van der Waals surface area contributed by atoms with E-state index in [0.29, 0.717) is 11.1 Å². The molecular weight excluding hydrogens is 418 g/mol. The third-order valence-corrected chi connectivity index (χ3v) is 5.21. The van der Waals surface area contributed by atoms with E-state index < -0.39 is 35.1 Å². The van der Waals surface area contributed by atoms with Crippen molar-refractivity contribution in [3.63, 3.8) is 0 Å². The Morgan fingerprint density at radius 1 is 1.12 bits per heavy atom. The molecule has 4 rings (SSSR count). The number of likely N-dealkylation sites (tertiary alicyclic amines) is 1. The van der Waals surface area contributed by atoms with E-state index in [1.54, 1.807) is 30.6 Å². The highest BCUT2D eigenvalue weighted by Crippen LogP contribution is 2.40. The number of pyridine rings is 1. The van der Waals surface area contributed by atoms with Gasteiger partial charge < -0.3 is 14.7 Å². The van der Waals surface area contributed by atoms with Crippen molar-refractivity contribution in [3.8, 4) is 5.75 Å². The number of Topliss-reactive ketones (excluding diaryl/α,β-unsaturated/α-hetero) is 1. The van der Waals surface area contributed by atoms with Crippen LogP contribution in [-0.2, 0) is 16.1 Å². The number of nitrogens with zero attached hydrogens (tertiary/aromatic N) is 2. The van der Waals surface area contributed by atoms with Crippen molar-refractivity contribution in [2.24, 2.45) is 0 Å². The first kappa shape index (κ1) is 21.2. The molecule has 0 bridgehead atoms. The third kappa shape index (κ3) is 3.82. The number of ether oxygens (including phenoxy) is 1. The van der Waals surface area contributed by atoms with Crippen LogP contribution in [0.15, 0.2) is 72.6 Å². The maximum atomic E-state index is 14.2. The van der Waals surface area contributed by atoms with E-state index in [1.807, 2.05) is 0 Å². The summed E-state index contributed by atoms with van der Waals surface area (Å²) in [5.74, 6) is -3.72. The average Bonchev–Trinajstić information content (AvgIpc) is 3.04. The SMILES string of the molecule is COc1ccc(/C(O)=C2\C(=O)C(=O)N(Cc3cccnc3)[C@@H]2c2cccc(F)c2)cc1F. The fraction of sp³-hybridized carbons (Fsp3) is 0.125. The predicted octanol–water partition coefficient (Wildman–Crippen LogP) is 3.99. The number of hydrogen-bond acceptors (Lipinski definition) is 5. The summed E-state index contributed by atoms with van der Waals surface area (Å²) in [4.78, 5) is 31.1. The molecule has 162 valence electrons. The van der Waals surface area contributed by atoms with Gasteiger partial charge in [0, 0.05) is 24.5 Å². The fourth-order valence-electron chi connectivity index (χ4n) is 3.72. The van der Waals surface area contributed by atoms with Gasteiger partial charge in [-0.25, -0.2) is 8.78 Å². The molecule has 1 amide bonds. The van der Waals surface area contributed by atoms with Crippen molar-refractivity contribution in [2.45, 2.75) is 12.6 Å². The summed E-state index contributed by atoms with van der Waals surface area (Å²) in [5.41, 5.74) is 0.674. The second-order valence-electron chi connectivity index (χ2n) is 7.19. The van der Waals surface area contributed by atoms with Crippen LogP contribution < -0.4 is 4.74 Å². The monoisotopic (exact) mass is 436 g/mol. The Labute approximate surface area is 182 Å². The molecule has 1 N–H and O–H groups in total.